The lowest BCUT2D eigenvalue weighted by Gasteiger charge is -2.29. The Morgan fingerprint density at radius 3 is 2.45 bits per heavy atom. The molecule has 0 unspecified atom stereocenters. The highest BCUT2D eigenvalue weighted by molar-refractivity contribution is 7.92. The second-order valence-electron chi connectivity index (χ2n) is 9.00. The van der Waals surface area contributed by atoms with E-state index >= 15 is 0 Å². The van der Waals surface area contributed by atoms with Crippen molar-refractivity contribution < 1.29 is 13.2 Å². The number of aryl methyl sites for hydroxylation is 2. The molecule has 2 aromatic carbocycles. The molecule has 0 saturated carbocycles. The molecule has 3 rings (SSSR count). The van der Waals surface area contributed by atoms with Crippen LogP contribution in [0.2, 0.25) is 0 Å². The van der Waals surface area contributed by atoms with Crippen LogP contribution in [0.25, 0.3) is 0 Å². The third kappa shape index (κ3) is 5.82. The Balaban J connectivity index is 1.78. The summed E-state index contributed by atoms with van der Waals surface area (Å²) in [7, 11) is -3.84. The van der Waals surface area contributed by atoms with Gasteiger partial charge in [-0.25, -0.2) is 13.8 Å². The van der Waals surface area contributed by atoms with E-state index in [1.807, 2.05) is 32.1 Å². The van der Waals surface area contributed by atoms with E-state index in [1.54, 1.807) is 18.2 Å². The molecule has 0 aromatic heterocycles. The zero-order chi connectivity index (χ0) is 22.8. The molecule has 2 N–H and O–H groups in total. The summed E-state index contributed by atoms with van der Waals surface area (Å²) in [6.45, 7) is 10.2. The first kappa shape index (κ1) is 22.7. The molecule has 0 fully saturated rings. The molecule has 1 amide bonds. The molecule has 1 aliphatic carbocycles. The second-order valence-corrected chi connectivity index (χ2v) is 10.7. The van der Waals surface area contributed by atoms with Crippen molar-refractivity contribution in [2.24, 2.45) is 10.5 Å². The number of carbonyl (C=O) groups is 1. The standard InChI is InChI=1S/C24H29N3O3S/c1-16-9-10-22(18(3)11-16)27-31(29,30)21-8-6-7-19(13-21)23(28)26-25-20-12-17(2)14-24(4,5)15-20/h6-13,27H,14-15H2,1-5H3,(H,26,28)/b25-20-. The Bertz CT molecular complexity index is 1180. The van der Waals surface area contributed by atoms with Gasteiger partial charge in [0.25, 0.3) is 15.9 Å². The van der Waals surface area contributed by atoms with Gasteiger partial charge in [0.05, 0.1) is 16.3 Å². The lowest BCUT2D eigenvalue weighted by Crippen LogP contribution is -2.25. The van der Waals surface area contributed by atoms with Crippen molar-refractivity contribution >= 4 is 27.3 Å². The molecule has 164 valence electrons. The molecule has 0 saturated heterocycles. The number of carbonyl (C=O) groups excluding carboxylic acids is 1. The number of nitrogens with zero attached hydrogens (tertiary/aromatic N) is 1. The third-order valence-electron chi connectivity index (χ3n) is 5.16. The van der Waals surface area contributed by atoms with Crippen LogP contribution in [0.15, 0.2) is 64.1 Å². The molecular weight excluding hydrogens is 410 g/mol. The largest absolute Gasteiger partial charge is 0.279 e. The summed E-state index contributed by atoms with van der Waals surface area (Å²) in [5.41, 5.74) is 7.29. The lowest BCUT2D eigenvalue weighted by molar-refractivity contribution is 0.0954. The summed E-state index contributed by atoms with van der Waals surface area (Å²) >= 11 is 0. The summed E-state index contributed by atoms with van der Waals surface area (Å²) in [4.78, 5) is 12.6. The second kappa shape index (κ2) is 8.67. The average Bonchev–Trinajstić information content (AvgIpc) is 2.67. The fourth-order valence-corrected chi connectivity index (χ4v) is 5.07. The van der Waals surface area contributed by atoms with Crippen molar-refractivity contribution in [2.45, 2.75) is 52.4 Å². The topological polar surface area (TPSA) is 87.6 Å². The molecule has 2 aromatic rings. The third-order valence-corrected chi connectivity index (χ3v) is 6.53. The quantitative estimate of drug-likeness (QED) is 0.646. The molecular formula is C24H29N3O3S. The van der Waals surface area contributed by atoms with Crippen molar-refractivity contribution in [3.8, 4) is 0 Å². The Morgan fingerprint density at radius 1 is 1.03 bits per heavy atom. The van der Waals surface area contributed by atoms with Crippen LogP contribution >= 0.6 is 0 Å². The summed E-state index contributed by atoms with van der Waals surface area (Å²) < 4.78 is 28.3. The molecule has 0 spiro atoms. The molecule has 1 aliphatic rings. The Labute approximate surface area is 184 Å². The van der Waals surface area contributed by atoms with E-state index in [0.29, 0.717) is 5.69 Å². The molecule has 31 heavy (non-hydrogen) atoms. The molecule has 0 atom stereocenters. The maximum atomic E-state index is 12.8. The molecule has 0 heterocycles. The van der Waals surface area contributed by atoms with Gasteiger partial charge in [0.15, 0.2) is 0 Å². The zero-order valence-electron chi connectivity index (χ0n) is 18.6. The number of allylic oxidation sites excluding steroid dienone is 2. The van der Waals surface area contributed by atoms with Gasteiger partial charge in [-0.05, 0) is 74.9 Å². The minimum atomic E-state index is -3.84. The van der Waals surface area contributed by atoms with E-state index in [4.69, 9.17) is 0 Å². The van der Waals surface area contributed by atoms with Gasteiger partial charge in [0.1, 0.15) is 0 Å². The first-order valence-corrected chi connectivity index (χ1v) is 11.7. The number of hydrazone groups is 1. The number of benzene rings is 2. The van der Waals surface area contributed by atoms with Crippen molar-refractivity contribution in [3.63, 3.8) is 0 Å². The van der Waals surface area contributed by atoms with Gasteiger partial charge in [-0.1, -0.05) is 43.2 Å². The molecule has 0 bridgehead atoms. The van der Waals surface area contributed by atoms with Gasteiger partial charge in [-0.15, -0.1) is 0 Å². The minimum Gasteiger partial charge on any atom is -0.279 e. The van der Waals surface area contributed by atoms with Gasteiger partial charge in [0.2, 0.25) is 0 Å². The van der Waals surface area contributed by atoms with Crippen LogP contribution in [-0.2, 0) is 10.0 Å². The number of nitrogens with one attached hydrogen (secondary N) is 2. The van der Waals surface area contributed by atoms with Gasteiger partial charge >= 0.3 is 0 Å². The van der Waals surface area contributed by atoms with Crippen LogP contribution in [-0.4, -0.2) is 20.0 Å². The average molecular weight is 440 g/mol. The number of sulfonamides is 1. The van der Waals surface area contributed by atoms with Crippen molar-refractivity contribution in [2.75, 3.05) is 4.72 Å². The maximum absolute atomic E-state index is 12.8. The first-order chi connectivity index (χ1) is 14.4. The molecule has 7 heteroatoms. The monoisotopic (exact) mass is 439 g/mol. The summed E-state index contributed by atoms with van der Waals surface area (Å²) in [5.74, 6) is -0.453. The smallest absolute Gasteiger partial charge is 0.271 e. The number of amides is 1. The number of anilines is 1. The number of hydrogen-bond donors (Lipinski definition) is 2. The van der Waals surface area contributed by atoms with Crippen molar-refractivity contribution in [1.29, 1.82) is 0 Å². The Hall–Kier alpha value is -2.93. The number of hydrogen-bond acceptors (Lipinski definition) is 4. The SMILES string of the molecule is CC1=C/C(=N/NC(=O)c2cccc(S(=O)(=O)Nc3ccc(C)cc3C)c2)CC(C)(C)C1. The van der Waals surface area contributed by atoms with E-state index in [0.717, 1.165) is 29.7 Å². The molecule has 0 aliphatic heterocycles. The predicted octanol–water partition coefficient (Wildman–Crippen LogP) is 4.96. The van der Waals surface area contributed by atoms with Crippen LogP contribution in [0.5, 0.6) is 0 Å². The van der Waals surface area contributed by atoms with Crippen LogP contribution < -0.4 is 10.1 Å². The highest BCUT2D eigenvalue weighted by atomic mass is 32.2. The molecule has 0 radical (unpaired) electrons. The van der Waals surface area contributed by atoms with E-state index in [2.05, 4.69) is 36.0 Å². The van der Waals surface area contributed by atoms with E-state index in [9.17, 15) is 13.2 Å². The zero-order valence-corrected chi connectivity index (χ0v) is 19.4. The Kier molecular flexibility index (Phi) is 6.36. The van der Waals surface area contributed by atoms with Crippen LogP contribution in [0, 0.1) is 19.3 Å². The fraction of sp³-hybridized carbons (Fsp3) is 0.333. The first-order valence-electron chi connectivity index (χ1n) is 10.2. The minimum absolute atomic E-state index is 0.0160. The van der Waals surface area contributed by atoms with Crippen LogP contribution in [0.4, 0.5) is 5.69 Å². The predicted molar refractivity (Wildman–Crippen MR) is 125 cm³/mol. The lowest BCUT2D eigenvalue weighted by atomic mass is 9.77. The van der Waals surface area contributed by atoms with Crippen molar-refractivity contribution in [3.05, 3.63) is 70.8 Å². The van der Waals surface area contributed by atoms with Crippen LogP contribution in [0.1, 0.15) is 55.1 Å². The highest BCUT2D eigenvalue weighted by Gasteiger charge is 2.25. The Morgan fingerprint density at radius 2 is 1.77 bits per heavy atom. The summed E-state index contributed by atoms with van der Waals surface area (Å²) in [5, 5.41) is 4.26. The van der Waals surface area contributed by atoms with E-state index in [-0.39, 0.29) is 15.9 Å². The highest BCUT2D eigenvalue weighted by Crippen LogP contribution is 2.33. The van der Waals surface area contributed by atoms with Gasteiger partial charge in [-0.2, -0.15) is 5.10 Å². The van der Waals surface area contributed by atoms with Gasteiger partial charge in [0, 0.05) is 5.56 Å². The van der Waals surface area contributed by atoms with Crippen molar-refractivity contribution in [1.82, 2.24) is 5.43 Å². The summed E-state index contributed by atoms with van der Waals surface area (Å²) in [6, 6.07) is 11.4. The summed E-state index contributed by atoms with van der Waals surface area (Å²) in [6.07, 6.45) is 3.74. The normalized spacial score (nSPS) is 17.2. The van der Waals surface area contributed by atoms with Gasteiger partial charge < -0.3 is 0 Å². The number of rotatable bonds is 5. The van der Waals surface area contributed by atoms with Gasteiger partial charge in [-0.3, -0.25) is 9.52 Å². The van der Waals surface area contributed by atoms with E-state index < -0.39 is 15.9 Å². The molecule has 6 nitrogen and oxygen atoms in total. The fourth-order valence-electron chi connectivity index (χ4n) is 3.89. The maximum Gasteiger partial charge on any atom is 0.271 e. The van der Waals surface area contributed by atoms with E-state index in [1.165, 1.54) is 17.7 Å². The van der Waals surface area contributed by atoms with Crippen LogP contribution in [0.3, 0.4) is 0 Å².